The first-order chi connectivity index (χ1) is 19.7. The molecule has 0 aromatic heterocycles. The maximum atomic E-state index is 6.26. The number of rotatable bonds is 9. The van der Waals surface area contributed by atoms with Gasteiger partial charge < -0.3 is 18.1 Å². The lowest BCUT2D eigenvalue weighted by Crippen LogP contribution is -1.92. The quantitative estimate of drug-likeness (QED) is 0.164. The number of fused-ring (bicyclic) bond motifs is 2. The maximum Gasteiger partial charge on any atom is 0.275 e. The van der Waals surface area contributed by atoms with E-state index in [9.17, 15) is 0 Å². The highest BCUT2D eigenvalue weighted by molar-refractivity contribution is 7.27. The molecule has 2 atom stereocenters. The Bertz CT molecular complexity index is 1660. The van der Waals surface area contributed by atoms with Crippen LogP contribution in [0.3, 0.4) is 0 Å². The summed E-state index contributed by atoms with van der Waals surface area (Å²) in [4.78, 5) is 0. The maximum absolute atomic E-state index is 6.26. The minimum atomic E-state index is -0.175. The zero-order valence-electron chi connectivity index (χ0n) is 22.2. The Morgan fingerprint density at radius 2 is 0.725 bits per heavy atom. The molecular formula is C34H28O4P2. The third kappa shape index (κ3) is 5.47. The third-order valence-electron chi connectivity index (χ3n) is 6.82. The normalized spacial score (nSPS) is 11.6. The Kier molecular flexibility index (Phi) is 7.82. The fourth-order valence-corrected chi connectivity index (χ4v) is 6.04. The van der Waals surface area contributed by atoms with E-state index >= 15 is 0 Å². The van der Waals surface area contributed by atoms with Gasteiger partial charge in [0.25, 0.3) is 18.1 Å². The van der Waals surface area contributed by atoms with Crippen molar-refractivity contribution >= 4 is 39.6 Å². The highest BCUT2D eigenvalue weighted by Gasteiger charge is 2.15. The van der Waals surface area contributed by atoms with Crippen LogP contribution in [0.2, 0.25) is 0 Å². The summed E-state index contributed by atoms with van der Waals surface area (Å²) in [5.74, 6) is 3.21. The SMILES string of the molecule is Cc1ccccc1OPOc1cccc2cccc(-c3cccc4cccc(OPOc5ccccc5C)c34)c12. The first-order valence-corrected chi connectivity index (χ1v) is 14.6. The van der Waals surface area contributed by atoms with Crippen molar-refractivity contribution in [2.24, 2.45) is 0 Å². The van der Waals surface area contributed by atoms with E-state index in [0.29, 0.717) is 0 Å². The average Bonchev–Trinajstić information content (AvgIpc) is 2.98. The molecule has 0 aliphatic heterocycles. The number of para-hydroxylation sites is 2. The highest BCUT2D eigenvalue weighted by atomic mass is 31.1. The van der Waals surface area contributed by atoms with Crippen LogP contribution in [0.25, 0.3) is 32.7 Å². The summed E-state index contributed by atoms with van der Waals surface area (Å²) in [5, 5.41) is 4.25. The first kappa shape index (κ1) is 26.1. The predicted molar refractivity (Wildman–Crippen MR) is 168 cm³/mol. The van der Waals surface area contributed by atoms with Gasteiger partial charge in [-0.25, -0.2) is 0 Å². The van der Waals surface area contributed by atoms with Crippen molar-refractivity contribution in [1.82, 2.24) is 0 Å². The Morgan fingerprint density at radius 1 is 0.375 bits per heavy atom. The predicted octanol–water partition coefficient (Wildman–Crippen LogP) is 10.2. The molecule has 2 unspecified atom stereocenters. The van der Waals surface area contributed by atoms with Crippen molar-refractivity contribution in [3.8, 4) is 34.1 Å². The molecule has 0 radical (unpaired) electrons. The van der Waals surface area contributed by atoms with Gasteiger partial charge in [-0.2, -0.15) is 0 Å². The Labute approximate surface area is 237 Å². The van der Waals surface area contributed by atoms with Gasteiger partial charge >= 0.3 is 0 Å². The van der Waals surface area contributed by atoms with Gasteiger partial charge in [-0.1, -0.05) is 97.1 Å². The molecule has 0 bridgehead atoms. The lowest BCUT2D eigenvalue weighted by molar-refractivity contribution is 0.516. The molecule has 6 aromatic carbocycles. The van der Waals surface area contributed by atoms with Crippen LogP contribution in [0, 0.1) is 13.8 Å². The molecule has 6 heteroatoms. The van der Waals surface area contributed by atoms with Gasteiger partial charge in [0.2, 0.25) is 0 Å². The van der Waals surface area contributed by atoms with Gasteiger partial charge in [-0.3, -0.25) is 0 Å². The van der Waals surface area contributed by atoms with Crippen molar-refractivity contribution < 1.29 is 18.1 Å². The lowest BCUT2D eigenvalue weighted by Gasteiger charge is -2.17. The van der Waals surface area contributed by atoms with E-state index in [1.54, 1.807) is 0 Å². The van der Waals surface area contributed by atoms with Crippen molar-refractivity contribution in [2.75, 3.05) is 0 Å². The molecule has 0 aliphatic carbocycles. The van der Waals surface area contributed by atoms with Crippen LogP contribution in [0.15, 0.2) is 121 Å². The van der Waals surface area contributed by atoms with Gasteiger partial charge in [0.05, 0.1) is 0 Å². The monoisotopic (exact) mass is 562 g/mol. The molecule has 198 valence electrons. The molecule has 4 nitrogen and oxygen atoms in total. The molecule has 0 amide bonds. The second-order valence-corrected chi connectivity index (χ2v) is 10.6. The van der Waals surface area contributed by atoms with Gasteiger partial charge in [-0.15, -0.1) is 0 Å². The van der Waals surface area contributed by atoms with E-state index < -0.39 is 0 Å². The summed E-state index contributed by atoms with van der Waals surface area (Å²) in [6, 6.07) is 40.8. The van der Waals surface area contributed by atoms with E-state index in [1.165, 1.54) is 0 Å². The van der Waals surface area contributed by atoms with Crippen molar-refractivity contribution in [1.29, 1.82) is 0 Å². The van der Waals surface area contributed by atoms with Crippen molar-refractivity contribution in [2.45, 2.75) is 13.8 Å². The Hall–Kier alpha value is -4.10. The Morgan fingerprint density at radius 3 is 1.15 bits per heavy atom. The molecule has 0 saturated heterocycles. The van der Waals surface area contributed by atoms with E-state index in [0.717, 1.165) is 66.8 Å². The summed E-state index contributed by atoms with van der Waals surface area (Å²) in [6.45, 7) is 4.06. The lowest BCUT2D eigenvalue weighted by atomic mass is 9.93. The fraction of sp³-hybridized carbons (Fsp3) is 0.0588. The molecule has 6 rings (SSSR count). The van der Waals surface area contributed by atoms with Crippen molar-refractivity contribution in [3.63, 3.8) is 0 Å². The van der Waals surface area contributed by atoms with Crippen LogP contribution in [-0.4, -0.2) is 0 Å². The largest absolute Gasteiger partial charge is 0.440 e. The van der Waals surface area contributed by atoms with E-state index in [1.807, 2.05) is 86.6 Å². The average molecular weight is 563 g/mol. The van der Waals surface area contributed by atoms with Crippen LogP contribution in [0.5, 0.6) is 23.0 Å². The molecule has 0 heterocycles. The molecular weight excluding hydrogens is 534 g/mol. The van der Waals surface area contributed by atoms with Gasteiger partial charge in [0, 0.05) is 10.8 Å². The van der Waals surface area contributed by atoms with Gasteiger partial charge in [0.1, 0.15) is 23.0 Å². The van der Waals surface area contributed by atoms with Crippen molar-refractivity contribution in [3.05, 3.63) is 132 Å². The summed E-state index contributed by atoms with van der Waals surface area (Å²) in [7, 11) is -0.351. The molecule has 40 heavy (non-hydrogen) atoms. The van der Waals surface area contributed by atoms with Gasteiger partial charge in [-0.05, 0) is 71.1 Å². The molecule has 0 saturated carbocycles. The van der Waals surface area contributed by atoms with Gasteiger partial charge in [0.15, 0.2) is 0 Å². The fourth-order valence-electron chi connectivity index (χ4n) is 4.80. The van der Waals surface area contributed by atoms with E-state index in [-0.39, 0.29) is 18.1 Å². The van der Waals surface area contributed by atoms with E-state index in [2.05, 4.69) is 48.5 Å². The third-order valence-corrected chi connectivity index (χ3v) is 8.03. The minimum Gasteiger partial charge on any atom is -0.440 e. The second kappa shape index (κ2) is 12.0. The molecule has 0 spiro atoms. The van der Waals surface area contributed by atoms with E-state index in [4.69, 9.17) is 18.1 Å². The summed E-state index contributed by atoms with van der Waals surface area (Å²) >= 11 is 0. The van der Waals surface area contributed by atoms with Crippen LogP contribution >= 0.6 is 18.1 Å². The summed E-state index contributed by atoms with van der Waals surface area (Å²) < 4.78 is 24.5. The van der Waals surface area contributed by atoms with Crippen LogP contribution < -0.4 is 18.1 Å². The Balaban J connectivity index is 1.36. The molecule has 6 aromatic rings. The summed E-state index contributed by atoms with van der Waals surface area (Å²) in [5.41, 5.74) is 4.29. The first-order valence-electron chi connectivity index (χ1n) is 13.0. The standard InChI is InChI=1S/C34H28O4P2/c1-23-11-3-5-19-29(23)35-39-37-31-21-9-15-25-13-7-17-27(33(25)31)28-18-8-14-26-16-10-22-32(34(26)28)38-40-36-30-20-6-4-12-24(30)2/h3-22,39-40H,1-2H3. The van der Waals surface area contributed by atoms with Crippen LogP contribution in [0.1, 0.15) is 11.1 Å². The number of hydrogen-bond acceptors (Lipinski definition) is 4. The number of hydrogen-bond donors (Lipinski definition) is 0. The number of aryl methyl sites for hydroxylation is 2. The zero-order chi connectivity index (χ0) is 27.3. The minimum absolute atomic E-state index is 0.175. The topological polar surface area (TPSA) is 36.9 Å². The van der Waals surface area contributed by atoms with Crippen LogP contribution in [0.4, 0.5) is 0 Å². The zero-order valence-corrected chi connectivity index (χ0v) is 24.2. The van der Waals surface area contributed by atoms with Crippen LogP contribution in [-0.2, 0) is 0 Å². The molecule has 0 aliphatic rings. The highest BCUT2D eigenvalue weighted by Crippen LogP contribution is 2.43. The number of benzene rings is 6. The molecule has 0 fully saturated rings. The smallest absolute Gasteiger partial charge is 0.275 e. The second-order valence-electron chi connectivity index (χ2n) is 9.43. The summed E-state index contributed by atoms with van der Waals surface area (Å²) in [6.07, 6.45) is 0. The molecule has 0 N–H and O–H groups in total.